The van der Waals surface area contributed by atoms with E-state index in [9.17, 15) is 4.79 Å². The van der Waals surface area contributed by atoms with Crippen LogP contribution in [0.3, 0.4) is 0 Å². The third kappa shape index (κ3) is 3.31. The summed E-state index contributed by atoms with van der Waals surface area (Å²) >= 11 is 0. The van der Waals surface area contributed by atoms with Crippen molar-refractivity contribution < 1.29 is 4.79 Å². The highest BCUT2D eigenvalue weighted by Crippen LogP contribution is 2.45. The lowest BCUT2D eigenvalue weighted by Crippen LogP contribution is -2.39. The molecule has 0 atom stereocenters. The van der Waals surface area contributed by atoms with Gasteiger partial charge in [-0.3, -0.25) is 4.79 Å². The van der Waals surface area contributed by atoms with Crippen molar-refractivity contribution in [3.8, 4) is 0 Å². The number of hydrogen-bond acceptors (Lipinski definition) is 2. The summed E-state index contributed by atoms with van der Waals surface area (Å²) in [6.07, 6.45) is 7.54. The van der Waals surface area contributed by atoms with E-state index in [0.29, 0.717) is 17.1 Å². The van der Waals surface area contributed by atoms with Crippen molar-refractivity contribution >= 4 is 5.78 Å². The van der Waals surface area contributed by atoms with Gasteiger partial charge in [0.25, 0.3) is 0 Å². The smallest absolute Gasteiger partial charge is 0.132 e. The monoisotopic (exact) mass is 225 g/mol. The van der Waals surface area contributed by atoms with Crippen molar-refractivity contribution in [2.45, 2.75) is 59.3 Å². The Balaban J connectivity index is 0.000000606. The zero-order chi connectivity index (χ0) is 12.0. The van der Waals surface area contributed by atoms with Gasteiger partial charge in [-0.25, -0.2) is 0 Å². The van der Waals surface area contributed by atoms with Crippen LogP contribution < -0.4 is 5.32 Å². The lowest BCUT2D eigenvalue weighted by Gasteiger charge is -2.42. The maximum absolute atomic E-state index is 11.3. The van der Waals surface area contributed by atoms with Gasteiger partial charge in [-0.1, -0.05) is 13.8 Å². The first-order valence-corrected chi connectivity index (χ1v) is 6.93. The van der Waals surface area contributed by atoms with Crippen molar-refractivity contribution in [3.05, 3.63) is 0 Å². The van der Waals surface area contributed by atoms with E-state index in [1.165, 1.54) is 38.8 Å². The van der Waals surface area contributed by atoms with Crippen LogP contribution in [0.15, 0.2) is 0 Å². The highest BCUT2D eigenvalue weighted by Gasteiger charge is 2.36. The molecule has 2 fully saturated rings. The van der Waals surface area contributed by atoms with Gasteiger partial charge in [0.15, 0.2) is 0 Å². The number of ketones is 1. The van der Waals surface area contributed by atoms with Crippen LogP contribution in [0.4, 0.5) is 0 Å². The summed E-state index contributed by atoms with van der Waals surface area (Å²) < 4.78 is 0. The summed E-state index contributed by atoms with van der Waals surface area (Å²) in [6.45, 7) is 8.13. The van der Waals surface area contributed by atoms with Crippen LogP contribution >= 0.6 is 0 Å². The molecule has 1 aliphatic heterocycles. The zero-order valence-corrected chi connectivity index (χ0v) is 11.1. The van der Waals surface area contributed by atoms with E-state index >= 15 is 0 Å². The summed E-state index contributed by atoms with van der Waals surface area (Å²) in [6, 6.07) is 0. The Labute approximate surface area is 100 Å². The van der Waals surface area contributed by atoms with Crippen molar-refractivity contribution in [1.29, 1.82) is 0 Å². The molecule has 2 rings (SSSR count). The quantitative estimate of drug-likeness (QED) is 0.742. The number of carbonyl (C=O) groups is 1. The van der Waals surface area contributed by atoms with Crippen LogP contribution in [0, 0.1) is 11.3 Å². The van der Waals surface area contributed by atoms with Gasteiger partial charge in [0.05, 0.1) is 0 Å². The van der Waals surface area contributed by atoms with E-state index < -0.39 is 0 Å². The molecule has 1 N–H and O–H groups in total. The van der Waals surface area contributed by atoms with E-state index in [-0.39, 0.29) is 0 Å². The van der Waals surface area contributed by atoms with Gasteiger partial charge in [-0.05, 0) is 64.0 Å². The van der Waals surface area contributed by atoms with Gasteiger partial charge in [0, 0.05) is 5.92 Å². The van der Waals surface area contributed by atoms with Crippen LogP contribution in [0.1, 0.15) is 59.3 Å². The second-order valence-corrected chi connectivity index (χ2v) is 5.13. The topological polar surface area (TPSA) is 29.1 Å². The number of carbonyl (C=O) groups excluding carboxylic acids is 1. The van der Waals surface area contributed by atoms with E-state index in [4.69, 9.17) is 0 Å². The zero-order valence-electron chi connectivity index (χ0n) is 11.1. The Kier molecular flexibility index (Phi) is 5.47. The molecule has 2 heteroatoms. The van der Waals surface area contributed by atoms with Crippen LogP contribution in [0.2, 0.25) is 0 Å². The Hall–Kier alpha value is -0.370. The molecule has 2 nitrogen and oxygen atoms in total. The molecule has 1 spiro atoms. The fraction of sp³-hybridized carbons (Fsp3) is 0.929. The van der Waals surface area contributed by atoms with Gasteiger partial charge in [-0.2, -0.15) is 0 Å². The average Bonchev–Trinajstić information content (AvgIpc) is 2.33. The standard InChI is InChI=1S/C12H21NO.C2H6/c1-10(14)11-2-4-12(5-3-11)6-8-13-9-7-12;1-2/h11,13H,2-9H2,1H3;1-2H3. The predicted octanol–water partition coefficient (Wildman–Crippen LogP) is 3.16. The first kappa shape index (κ1) is 13.7. The van der Waals surface area contributed by atoms with E-state index in [1.54, 1.807) is 6.92 Å². The molecule has 1 heterocycles. The summed E-state index contributed by atoms with van der Waals surface area (Å²) in [5.74, 6) is 0.796. The molecular formula is C14H27NO. The second-order valence-electron chi connectivity index (χ2n) is 5.13. The fourth-order valence-electron chi connectivity index (χ4n) is 3.09. The molecule has 1 aliphatic carbocycles. The molecule has 16 heavy (non-hydrogen) atoms. The minimum absolute atomic E-state index is 0.385. The van der Waals surface area contributed by atoms with Crippen molar-refractivity contribution in [2.24, 2.45) is 11.3 Å². The molecule has 0 aromatic rings. The first-order valence-electron chi connectivity index (χ1n) is 6.93. The lowest BCUT2D eigenvalue weighted by molar-refractivity contribution is -0.122. The number of nitrogens with one attached hydrogen (secondary N) is 1. The molecule has 0 aromatic carbocycles. The molecule has 0 radical (unpaired) electrons. The summed E-state index contributed by atoms with van der Waals surface area (Å²) in [5, 5.41) is 3.42. The first-order chi connectivity index (χ1) is 7.72. The Bertz CT molecular complexity index is 209. The highest BCUT2D eigenvalue weighted by atomic mass is 16.1. The third-order valence-corrected chi connectivity index (χ3v) is 4.29. The summed E-state index contributed by atoms with van der Waals surface area (Å²) in [7, 11) is 0. The van der Waals surface area contributed by atoms with Crippen LogP contribution in [0.25, 0.3) is 0 Å². The molecule has 0 unspecified atom stereocenters. The van der Waals surface area contributed by atoms with Gasteiger partial charge in [0.1, 0.15) is 5.78 Å². The maximum Gasteiger partial charge on any atom is 0.132 e. The molecule has 1 saturated heterocycles. The SMILES string of the molecule is CC.CC(=O)C1CCC2(CCNCC2)CC1. The Morgan fingerprint density at radius 3 is 2.00 bits per heavy atom. The van der Waals surface area contributed by atoms with Crippen LogP contribution in [0.5, 0.6) is 0 Å². The molecule has 0 aromatic heterocycles. The Morgan fingerprint density at radius 1 is 1.06 bits per heavy atom. The second kappa shape index (κ2) is 6.39. The van der Waals surface area contributed by atoms with E-state index in [1.807, 2.05) is 13.8 Å². The van der Waals surface area contributed by atoms with E-state index in [0.717, 1.165) is 12.8 Å². The number of rotatable bonds is 1. The van der Waals surface area contributed by atoms with Crippen molar-refractivity contribution in [1.82, 2.24) is 5.32 Å². The van der Waals surface area contributed by atoms with Gasteiger partial charge in [0.2, 0.25) is 0 Å². The summed E-state index contributed by atoms with van der Waals surface area (Å²) in [4.78, 5) is 11.3. The summed E-state index contributed by atoms with van der Waals surface area (Å²) in [5.41, 5.74) is 0.608. The number of Topliss-reactive ketones (excluding diaryl/α,β-unsaturated/α-hetero) is 1. The van der Waals surface area contributed by atoms with Crippen molar-refractivity contribution in [3.63, 3.8) is 0 Å². The fourth-order valence-corrected chi connectivity index (χ4v) is 3.09. The lowest BCUT2D eigenvalue weighted by atomic mass is 9.65. The third-order valence-electron chi connectivity index (χ3n) is 4.29. The van der Waals surface area contributed by atoms with Crippen LogP contribution in [-0.4, -0.2) is 18.9 Å². The molecule has 1 saturated carbocycles. The average molecular weight is 225 g/mol. The largest absolute Gasteiger partial charge is 0.317 e. The van der Waals surface area contributed by atoms with Gasteiger partial charge >= 0.3 is 0 Å². The minimum atomic E-state index is 0.385. The van der Waals surface area contributed by atoms with Crippen molar-refractivity contribution in [2.75, 3.05) is 13.1 Å². The molecule has 2 aliphatic rings. The Morgan fingerprint density at radius 2 is 1.56 bits per heavy atom. The predicted molar refractivity (Wildman–Crippen MR) is 68.5 cm³/mol. The van der Waals surface area contributed by atoms with Gasteiger partial charge in [-0.15, -0.1) is 0 Å². The maximum atomic E-state index is 11.3. The minimum Gasteiger partial charge on any atom is -0.317 e. The molecule has 0 bridgehead atoms. The van der Waals surface area contributed by atoms with E-state index in [2.05, 4.69) is 5.32 Å². The number of hydrogen-bond donors (Lipinski definition) is 1. The van der Waals surface area contributed by atoms with Crippen LogP contribution in [-0.2, 0) is 4.79 Å². The molecular weight excluding hydrogens is 198 g/mol. The molecule has 0 amide bonds. The molecule has 94 valence electrons. The highest BCUT2D eigenvalue weighted by molar-refractivity contribution is 5.78. The number of piperidine rings is 1. The normalized spacial score (nSPS) is 24.7. The van der Waals surface area contributed by atoms with Gasteiger partial charge < -0.3 is 5.32 Å².